The quantitative estimate of drug-likeness (QED) is 0.457. The highest BCUT2D eigenvalue weighted by Crippen LogP contribution is 2.05. The van der Waals surface area contributed by atoms with Gasteiger partial charge in [0.1, 0.15) is 0 Å². The molecule has 0 aromatic rings. The minimum Gasteiger partial charge on any atom is -0.450 e. The summed E-state index contributed by atoms with van der Waals surface area (Å²) in [6, 6.07) is 0. The molecule has 122 valence electrons. The van der Waals surface area contributed by atoms with E-state index in [0.717, 1.165) is 44.3 Å². The molecule has 0 bridgehead atoms. The van der Waals surface area contributed by atoms with Crippen LogP contribution in [0.15, 0.2) is 4.99 Å². The number of rotatable bonds is 6. The number of nitrogens with one attached hydrogen (secondary N) is 1. The van der Waals surface area contributed by atoms with Gasteiger partial charge >= 0.3 is 6.09 Å². The smallest absolute Gasteiger partial charge is 0.409 e. The van der Waals surface area contributed by atoms with Gasteiger partial charge in [0, 0.05) is 39.3 Å². The van der Waals surface area contributed by atoms with Gasteiger partial charge in [0.2, 0.25) is 0 Å². The van der Waals surface area contributed by atoms with Gasteiger partial charge in [0.15, 0.2) is 5.96 Å². The minimum absolute atomic E-state index is 0.209. The number of thioether (sulfide) groups is 1. The highest BCUT2D eigenvalue weighted by molar-refractivity contribution is 7.98. The van der Waals surface area contributed by atoms with Crippen LogP contribution < -0.4 is 5.32 Å². The largest absolute Gasteiger partial charge is 0.450 e. The van der Waals surface area contributed by atoms with E-state index in [1.54, 1.807) is 4.90 Å². The van der Waals surface area contributed by atoms with Crippen LogP contribution in [0.5, 0.6) is 0 Å². The van der Waals surface area contributed by atoms with Crippen molar-refractivity contribution in [3.63, 3.8) is 0 Å². The highest BCUT2D eigenvalue weighted by Gasteiger charge is 2.23. The predicted octanol–water partition coefficient (Wildman–Crippen LogP) is 1.48. The van der Waals surface area contributed by atoms with Crippen molar-refractivity contribution in [2.45, 2.75) is 20.3 Å². The number of amides is 1. The van der Waals surface area contributed by atoms with Crippen molar-refractivity contribution in [3.05, 3.63) is 0 Å². The van der Waals surface area contributed by atoms with Crippen LogP contribution in [-0.4, -0.2) is 79.7 Å². The highest BCUT2D eigenvalue weighted by atomic mass is 32.2. The number of carbonyl (C=O) groups is 1. The first-order valence-electron chi connectivity index (χ1n) is 7.66. The van der Waals surface area contributed by atoms with Crippen LogP contribution in [-0.2, 0) is 4.74 Å². The molecule has 6 nitrogen and oxygen atoms in total. The molecular formula is C14H28N4O2S. The van der Waals surface area contributed by atoms with E-state index < -0.39 is 0 Å². The Morgan fingerprint density at radius 2 is 1.90 bits per heavy atom. The third-order valence-corrected chi connectivity index (χ3v) is 3.91. The van der Waals surface area contributed by atoms with Crippen molar-refractivity contribution in [1.29, 1.82) is 0 Å². The summed E-state index contributed by atoms with van der Waals surface area (Å²) in [4.78, 5) is 20.3. The molecular weight excluding hydrogens is 288 g/mol. The zero-order valence-corrected chi connectivity index (χ0v) is 14.2. The second-order valence-electron chi connectivity index (χ2n) is 4.76. The van der Waals surface area contributed by atoms with E-state index in [0.29, 0.717) is 19.7 Å². The summed E-state index contributed by atoms with van der Waals surface area (Å²) in [5.74, 6) is 2.10. The summed E-state index contributed by atoms with van der Waals surface area (Å²) in [7, 11) is 0. The lowest BCUT2D eigenvalue weighted by Gasteiger charge is -2.35. The Kier molecular flexibility index (Phi) is 9.05. The van der Waals surface area contributed by atoms with Gasteiger partial charge in [0.05, 0.1) is 6.61 Å². The maximum atomic E-state index is 11.7. The molecule has 1 saturated heterocycles. The van der Waals surface area contributed by atoms with Crippen LogP contribution in [0.25, 0.3) is 0 Å². The molecule has 1 aliphatic rings. The van der Waals surface area contributed by atoms with E-state index in [2.05, 4.69) is 28.4 Å². The van der Waals surface area contributed by atoms with Gasteiger partial charge in [-0.2, -0.15) is 11.8 Å². The van der Waals surface area contributed by atoms with Gasteiger partial charge < -0.3 is 19.9 Å². The molecule has 1 amide bonds. The van der Waals surface area contributed by atoms with E-state index in [-0.39, 0.29) is 6.09 Å². The van der Waals surface area contributed by atoms with E-state index in [9.17, 15) is 4.79 Å². The molecule has 0 saturated carbocycles. The fraction of sp³-hybridized carbons (Fsp3) is 0.857. The third kappa shape index (κ3) is 6.46. The van der Waals surface area contributed by atoms with E-state index in [1.165, 1.54) is 0 Å². The molecule has 0 aliphatic carbocycles. The summed E-state index contributed by atoms with van der Waals surface area (Å²) in [5, 5.41) is 3.33. The Labute approximate surface area is 132 Å². The number of piperazine rings is 1. The molecule has 0 radical (unpaired) electrons. The van der Waals surface area contributed by atoms with Crippen LogP contribution in [0.2, 0.25) is 0 Å². The first-order valence-corrected chi connectivity index (χ1v) is 9.06. The Morgan fingerprint density at radius 3 is 2.48 bits per heavy atom. The fourth-order valence-corrected chi connectivity index (χ4v) is 2.55. The van der Waals surface area contributed by atoms with Gasteiger partial charge in [-0.3, -0.25) is 4.99 Å². The van der Waals surface area contributed by atoms with Crippen LogP contribution in [0.3, 0.4) is 0 Å². The van der Waals surface area contributed by atoms with Crippen molar-refractivity contribution in [1.82, 2.24) is 15.1 Å². The molecule has 0 unspecified atom stereocenters. The van der Waals surface area contributed by atoms with Crippen LogP contribution >= 0.6 is 11.8 Å². The maximum absolute atomic E-state index is 11.7. The standard InChI is InChI=1S/C14H28N4O2S/c1-4-15-13(16-7-6-12-21-3)17-8-10-18(11-9-17)14(19)20-5-2/h4-12H2,1-3H3,(H,15,16). The van der Waals surface area contributed by atoms with Gasteiger partial charge in [-0.25, -0.2) is 4.79 Å². The summed E-state index contributed by atoms with van der Waals surface area (Å²) in [5.41, 5.74) is 0. The first-order chi connectivity index (χ1) is 10.2. The lowest BCUT2D eigenvalue weighted by atomic mass is 10.3. The van der Waals surface area contributed by atoms with E-state index in [4.69, 9.17) is 4.74 Å². The maximum Gasteiger partial charge on any atom is 0.409 e. The number of hydrogen-bond donors (Lipinski definition) is 1. The zero-order chi connectivity index (χ0) is 15.5. The number of nitrogens with zero attached hydrogens (tertiary/aromatic N) is 3. The van der Waals surface area contributed by atoms with Gasteiger partial charge in [-0.1, -0.05) is 0 Å². The number of carbonyl (C=O) groups excluding carboxylic acids is 1. The van der Waals surface area contributed by atoms with Gasteiger partial charge in [-0.15, -0.1) is 0 Å². The second kappa shape index (κ2) is 10.6. The van der Waals surface area contributed by atoms with Gasteiger partial charge in [-0.05, 0) is 32.3 Å². The first kappa shape index (κ1) is 17.9. The molecule has 21 heavy (non-hydrogen) atoms. The average molecular weight is 316 g/mol. The van der Waals surface area contributed by atoms with Crippen LogP contribution in [0.1, 0.15) is 20.3 Å². The van der Waals surface area contributed by atoms with E-state index >= 15 is 0 Å². The van der Waals surface area contributed by atoms with Crippen molar-refractivity contribution >= 4 is 23.8 Å². The molecule has 0 atom stereocenters. The van der Waals surface area contributed by atoms with Crippen molar-refractivity contribution in [2.24, 2.45) is 4.99 Å². The molecule has 7 heteroatoms. The van der Waals surface area contributed by atoms with Crippen molar-refractivity contribution in [2.75, 3.05) is 57.9 Å². The Morgan fingerprint density at radius 1 is 1.24 bits per heavy atom. The Balaban J connectivity index is 2.45. The summed E-state index contributed by atoms with van der Waals surface area (Å²) in [6.07, 6.45) is 3.00. The number of hydrogen-bond acceptors (Lipinski definition) is 4. The summed E-state index contributed by atoms with van der Waals surface area (Å²) >= 11 is 1.85. The van der Waals surface area contributed by atoms with Gasteiger partial charge in [0.25, 0.3) is 0 Å². The lowest BCUT2D eigenvalue weighted by Crippen LogP contribution is -2.53. The molecule has 1 rings (SSSR count). The van der Waals surface area contributed by atoms with Crippen LogP contribution in [0.4, 0.5) is 4.79 Å². The summed E-state index contributed by atoms with van der Waals surface area (Å²) < 4.78 is 5.04. The molecule has 0 aromatic heterocycles. The monoisotopic (exact) mass is 316 g/mol. The SMILES string of the molecule is CCNC(=NCCCSC)N1CCN(C(=O)OCC)CC1. The summed E-state index contributed by atoms with van der Waals surface area (Å²) in [6.45, 7) is 9.02. The molecule has 1 heterocycles. The number of aliphatic imine (C=N–C) groups is 1. The predicted molar refractivity (Wildman–Crippen MR) is 89.1 cm³/mol. The number of ether oxygens (including phenoxy) is 1. The minimum atomic E-state index is -0.209. The topological polar surface area (TPSA) is 57.2 Å². The Hall–Kier alpha value is -1.11. The second-order valence-corrected chi connectivity index (χ2v) is 5.74. The average Bonchev–Trinajstić information content (AvgIpc) is 2.51. The molecule has 0 aromatic carbocycles. The number of guanidine groups is 1. The zero-order valence-electron chi connectivity index (χ0n) is 13.4. The fourth-order valence-electron chi connectivity index (χ4n) is 2.14. The Bertz CT molecular complexity index is 331. The molecule has 0 spiro atoms. The van der Waals surface area contributed by atoms with Crippen molar-refractivity contribution in [3.8, 4) is 0 Å². The molecule has 1 aliphatic heterocycles. The van der Waals surface area contributed by atoms with Crippen LogP contribution in [0, 0.1) is 0 Å². The van der Waals surface area contributed by atoms with E-state index in [1.807, 2.05) is 18.7 Å². The molecule has 1 N–H and O–H groups in total. The molecule has 1 fully saturated rings. The normalized spacial score (nSPS) is 16.0. The van der Waals surface area contributed by atoms with Crippen molar-refractivity contribution < 1.29 is 9.53 Å². The third-order valence-electron chi connectivity index (χ3n) is 3.21. The lowest BCUT2D eigenvalue weighted by molar-refractivity contribution is 0.0914.